The number of aromatic nitrogens is 4. The molecule has 0 radical (unpaired) electrons. The van der Waals surface area contributed by atoms with Crippen LogP contribution in [0.1, 0.15) is 22.8 Å². The molecular formula is C22H22N6. The molecule has 0 aliphatic rings. The van der Waals surface area contributed by atoms with Crippen LogP contribution in [0.5, 0.6) is 0 Å². The summed E-state index contributed by atoms with van der Waals surface area (Å²) in [5, 5.41) is 3.15. The molecule has 4 aromatic rings. The first kappa shape index (κ1) is 17.9. The van der Waals surface area contributed by atoms with Crippen molar-refractivity contribution in [1.82, 2.24) is 25.3 Å². The lowest BCUT2D eigenvalue weighted by Crippen LogP contribution is -2.21. The summed E-state index contributed by atoms with van der Waals surface area (Å²) in [5.74, 6) is 1.63. The van der Waals surface area contributed by atoms with E-state index in [0.29, 0.717) is 5.84 Å². The second kappa shape index (κ2) is 7.23. The largest absolute Gasteiger partial charge is 0.371 e. The number of nitrogens with zero attached hydrogens (tertiary/aromatic N) is 4. The van der Waals surface area contributed by atoms with E-state index >= 15 is 0 Å². The number of nitrogens with one attached hydrogen (secondary N) is 2. The van der Waals surface area contributed by atoms with Crippen LogP contribution in [0, 0.1) is 20.8 Å². The zero-order valence-electron chi connectivity index (χ0n) is 16.4. The van der Waals surface area contributed by atoms with Crippen molar-refractivity contribution >= 4 is 22.6 Å². The Hall–Kier alpha value is -3.54. The third kappa shape index (κ3) is 3.49. The van der Waals surface area contributed by atoms with E-state index in [2.05, 4.69) is 62.5 Å². The van der Waals surface area contributed by atoms with E-state index in [0.717, 1.165) is 50.6 Å². The van der Waals surface area contributed by atoms with Crippen LogP contribution in [0.4, 0.5) is 5.69 Å². The molecule has 0 fully saturated rings. The lowest BCUT2D eigenvalue weighted by molar-refractivity contribution is 1.06. The molecule has 2 aromatic carbocycles. The summed E-state index contributed by atoms with van der Waals surface area (Å²) in [6, 6.07) is 14.5. The Labute approximate surface area is 163 Å². The van der Waals surface area contributed by atoms with Gasteiger partial charge in [-0.25, -0.2) is 19.9 Å². The van der Waals surface area contributed by atoms with Gasteiger partial charge in [0.05, 0.1) is 16.7 Å². The smallest absolute Gasteiger partial charge is 0.152 e. The summed E-state index contributed by atoms with van der Waals surface area (Å²) >= 11 is 0. The minimum absolute atomic E-state index is 0.713. The molecule has 28 heavy (non-hydrogen) atoms. The van der Waals surface area contributed by atoms with Crippen LogP contribution in [0.3, 0.4) is 0 Å². The van der Waals surface area contributed by atoms with E-state index in [9.17, 15) is 0 Å². The maximum Gasteiger partial charge on any atom is 0.152 e. The van der Waals surface area contributed by atoms with Crippen molar-refractivity contribution in [3.63, 3.8) is 0 Å². The maximum absolute atomic E-state index is 4.84. The number of hydrogen-bond donors (Lipinski definition) is 2. The van der Waals surface area contributed by atoms with Crippen molar-refractivity contribution in [2.75, 3.05) is 7.05 Å². The van der Waals surface area contributed by atoms with Gasteiger partial charge in [-0.15, -0.1) is 0 Å². The van der Waals surface area contributed by atoms with E-state index in [1.54, 1.807) is 6.33 Å². The molecule has 0 bridgehead atoms. The molecule has 6 heteroatoms. The summed E-state index contributed by atoms with van der Waals surface area (Å²) in [6.07, 6.45) is 1.56. The fourth-order valence-corrected chi connectivity index (χ4v) is 3.17. The van der Waals surface area contributed by atoms with Gasteiger partial charge >= 0.3 is 0 Å². The highest BCUT2D eigenvalue weighted by atomic mass is 15.0. The van der Waals surface area contributed by atoms with Gasteiger partial charge in [-0.05, 0) is 61.7 Å². The Kier molecular flexibility index (Phi) is 4.61. The van der Waals surface area contributed by atoms with Crippen LogP contribution in [0.2, 0.25) is 0 Å². The molecule has 0 unspecified atom stereocenters. The van der Waals surface area contributed by atoms with Gasteiger partial charge in [0.15, 0.2) is 5.84 Å². The summed E-state index contributed by atoms with van der Waals surface area (Å²) < 4.78 is 0. The molecule has 0 amide bonds. The molecule has 0 spiro atoms. The first-order valence-electron chi connectivity index (χ1n) is 9.16. The number of amidine groups is 1. The molecule has 2 N–H and O–H groups in total. The minimum atomic E-state index is 0.713. The van der Waals surface area contributed by atoms with Gasteiger partial charge in [-0.3, -0.25) is 0 Å². The molecule has 140 valence electrons. The number of aryl methyl sites for hydroxylation is 3. The van der Waals surface area contributed by atoms with Crippen molar-refractivity contribution in [3.8, 4) is 11.1 Å². The normalized spacial score (nSPS) is 11.8. The van der Waals surface area contributed by atoms with Gasteiger partial charge in [-0.2, -0.15) is 0 Å². The van der Waals surface area contributed by atoms with Crippen LogP contribution in [0.15, 0.2) is 53.8 Å². The van der Waals surface area contributed by atoms with E-state index in [1.165, 1.54) is 0 Å². The number of imidazole rings is 1. The Balaban J connectivity index is 1.77. The van der Waals surface area contributed by atoms with E-state index in [1.807, 2.05) is 33.0 Å². The summed E-state index contributed by atoms with van der Waals surface area (Å²) in [7, 11) is 1.85. The van der Waals surface area contributed by atoms with E-state index in [4.69, 9.17) is 4.99 Å². The van der Waals surface area contributed by atoms with E-state index in [-0.39, 0.29) is 0 Å². The average molecular weight is 370 g/mol. The Morgan fingerprint density at radius 1 is 0.964 bits per heavy atom. The molecule has 0 aliphatic heterocycles. The van der Waals surface area contributed by atoms with Crippen molar-refractivity contribution in [2.24, 2.45) is 4.99 Å². The van der Waals surface area contributed by atoms with Crippen molar-refractivity contribution < 1.29 is 0 Å². The first-order chi connectivity index (χ1) is 13.5. The van der Waals surface area contributed by atoms with Gasteiger partial charge in [0.2, 0.25) is 0 Å². The third-order valence-electron chi connectivity index (χ3n) is 4.66. The number of H-pyrrole nitrogens is 1. The number of fused-ring (bicyclic) bond motifs is 1. The summed E-state index contributed by atoms with van der Waals surface area (Å²) in [6.45, 7) is 5.96. The Bertz CT molecular complexity index is 1190. The Morgan fingerprint density at radius 2 is 1.75 bits per heavy atom. The fourth-order valence-electron chi connectivity index (χ4n) is 3.17. The lowest BCUT2D eigenvalue weighted by Gasteiger charge is -2.09. The number of benzene rings is 2. The van der Waals surface area contributed by atoms with Crippen LogP contribution in [0.25, 0.3) is 22.2 Å². The van der Waals surface area contributed by atoms with Crippen molar-refractivity contribution in [1.29, 1.82) is 0 Å². The van der Waals surface area contributed by atoms with Crippen molar-refractivity contribution in [3.05, 3.63) is 71.6 Å². The number of aliphatic imine (C=N–C) groups is 1. The summed E-state index contributed by atoms with van der Waals surface area (Å²) in [5.41, 5.74) is 7.91. The number of aromatic amines is 1. The SMILES string of the molecule is CN/C(=N\c1cc(-c2ccc3nc(C)[nH]c3c2)ccc1C)c1cc(C)ncn1. The molecule has 0 aliphatic carbocycles. The van der Waals surface area contributed by atoms with Gasteiger partial charge in [-0.1, -0.05) is 18.2 Å². The molecule has 2 heterocycles. The molecular weight excluding hydrogens is 348 g/mol. The highest BCUT2D eigenvalue weighted by molar-refractivity contribution is 5.99. The van der Waals surface area contributed by atoms with Crippen LogP contribution in [-0.4, -0.2) is 32.8 Å². The van der Waals surface area contributed by atoms with Gasteiger partial charge in [0, 0.05) is 12.7 Å². The zero-order chi connectivity index (χ0) is 19.7. The molecule has 4 rings (SSSR count). The Morgan fingerprint density at radius 3 is 2.54 bits per heavy atom. The predicted molar refractivity (Wildman–Crippen MR) is 113 cm³/mol. The topological polar surface area (TPSA) is 78.9 Å². The predicted octanol–water partition coefficient (Wildman–Crippen LogP) is 4.24. The highest BCUT2D eigenvalue weighted by Crippen LogP contribution is 2.29. The molecule has 0 saturated carbocycles. The quantitative estimate of drug-likeness (QED) is 0.417. The molecule has 0 atom stereocenters. The highest BCUT2D eigenvalue weighted by Gasteiger charge is 2.08. The standard InChI is InChI=1S/C22H22N6/c1-13-5-6-16(17-7-8-18-20(11-17)27-15(3)26-18)10-19(13)28-22(23-4)21-9-14(2)24-12-25-21/h5-12H,1-4H3,(H,23,28)(H,26,27). The van der Waals surface area contributed by atoms with Crippen LogP contribution >= 0.6 is 0 Å². The second-order valence-corrected chi connectivity index (χ2v) is 6.81. The summed E-state index contributed by atoms with van der Waals surface area (Å²) in [4.78, 5) is 21.1. The lowest BCUT2D eigenvalue weighted by atomic mass is 10.0. The van der Waals surface area contributed by atoms with Gasteiger partial charge in [0.1, 0.15) is 17.8 Å². The monoisotopic (exact) mass is 370 g/mol. The molecule has 2 aromatic heterocycles. The minimum Gasteiger partial charge on any atom is -0.371 e. The zero-order valence-corrected chi connectivity index (χ0v) is 16.4. The van der Waals surface area contributed by atoms with Crippen molar-refractivity contribution in [2.45, 2.75) is 20.8 Å². The van der Waals surface area contributed by atoms with Gasteiger partial charge < -0.3 is 10.3 Å². The van der Waals surface area contributed by atoms with Crippen LogP contribution < -0.4 is 5.32 Å². The average Bonchev–Trinajstić information content (AvgIpc) is 3.06. The number of rotatable bonds is 3. The van der Waals surface area contributed by atoms with Crippen LogP contribution in [-0.2, 0) is 0 Å². The molecule has 6 nitrogen and oxygen atoms in total. The maximum atomic E-state index is 4.84. The first-order valence-corrected chi connectivity index (χ1v) is 9.16. The second-order valence-electron chi connectivity index (χ2n) is 6.81. The van der Waals surface area contributed by atoms with E-state index < -0.39 is 0 Å². The fraction of sp³-hybridized carbons (Fsp3) is 0.182. The number of hydrogen-bond acceptors (Lipinski definition) is 4. The third-order valence-corrected chi connectivity index (χ3v) is 4.66. The molecule has 0 saturated heterocycles. The van der Waals surface area contributed by atoms with Gasteiger partial charge in [0.25, 0.3) is 0 Å².